The standard InChI is InChI=1S/C20H14FN3O3/c1-2-10-24-15-9-4-3-8-14(15)17(25)16(20(24)26)19-22-18(23-27-19)12-6-5-7-13(21)11-12/h2-9,11,25H,1,10H2. The zero-order chi connectivity index (χ0) is 19.0. The molecule has 0 aliphatic heterocycles. The van der Waals surface area contributed by atoms with Crippen LogP contribution in [0.3, 0.4) is 0 Å². The molecule has 27 heavy (non-hydrogen) atoms. The van der Waals surface area contributed by atoms with Crippen LogP contribution in [0, 0.1) is 5.82 Å². The molecule has 0 saturated heterocycles. The van der Waals surface area contributed by atoms with Crippen LogP contribution in [0.4, 0.5) is 4.39 Å². The molecule has 0 bridgehead atoms. The van der Waals surface area contributed by atoms with Crippen LogP contribution in [0.25, 0.3) is 33.7 Å². The molecule has 2 heterocycles. The Hall–Kier alpha value is -3.74. The monoisotopic (exact) mass is 363 g/mol. The zero-order valence-electron chi connectivity index (χ0n) is 14.1. The molecule has 4 rings (SSSR count). The number of benzene rings is 2. The fourth-order valence-electron chi connectivity index (χ4n) is 2.96. The summed E-state index contributed by atoms with van der Waals surface area (Å²) < 4.78 is 20.1. The minimum absolute atomic E-state index is 0.106. The molecule has 134 valence electrons. The highest BCUT2D eigenvalue weighted by Gasteiger charge is 2.22. The predicted octanol–water partition coefficient (Wildman–Crippen LogP) is 3.75. The highest BCUT2D eigenvalue weighted by Crippen LogP contribution is 2.33. The van der Waals surface area contributed by atoms with E-state index < -0.39 is 11.4 Å². The van der Waals surface area contributed by atoms with E-state index in [1.54, 1.807) is 36.4 Å². The summed E-state index contributed by atoms with van der Waals surface area (Å²) in [7, 11) is 0. The van der Waals surface area contributed by atoms with Crippen molar-refractivity contribution < 1.29 is 14.0 Å². The van der Waals surface area contributed by atoms with E-state index in [-0.39, 0.29) is 29.6 Å². The lowest BCUT2D eigenvalue weighted by Gasteiger charge is -2.11. The average Bonchev–Trinajstić information content (AvgIpc) is 3.15. The highest BCUT2D eigenvalue weighted by molar-refractivity contribution is 5.91. The number of aromatic hydroxyl groups is 1. The number of halogens is 1. The van der Waals surface area contributed by atoms with Gasteiger partial charge in [-0.1, -0.05) is 35.5 Å². The topological polar surface area (TPSA) is 81.2 Å². The average molecular weight is 363 g/mol. The molecule has 2 aromatic carbocycles. The number of hydrogen-bond donors (Lipinski definition) is 1. The van der Waals surface area contributed by atoms with Crippen molar-refractivity contribution in [3.8, 4) is 28.6 Å². The van der Waals surface area contributed by atoms with Crippen LogP contribution in [-0.2, 0) is 6.54 Å². The Morgan fingerprint density at radius 1 is 1.22 bits per heavy atom. The van der Waals surface area contributed by atoms with E-state index in [1.165, 1.54) is 22.8 Å². The van der Waals surface area contributed by atoms with Crippen molar-refractivity contribution in [3.63, 3.8) is 0 Å². The Morgan fingerprint density at radius 2 is 2.04 bits per heavy atom. The maximum atomic E-state index is 13.4. The molecule has 0 atom stereocenters. The van der Waals surface area contributed by atoms with Crippen LogP contribution in [0.15, 0.2) is 70.5 Å². The molecule has 6 nitrogen and oxygen atoms in total. The zero-order valence-corrected chi connectivity index (χ0v) is 14.1. The minimum Gasteiger partial charge on any atom is -0.506 e. The van der Waals surface area contributed by atoms with Gasteiger partial charge in [0.15, 0.2) is 0 Å². The summed E-state index contributed by atoms with van der Waals surface area (Å²) in [5, 5.41) is 15.0. The summed E-state index contributed by atoms with van der Waals surface area (Å²) in [5.74, 6) is -0.710. The Labute approximate surface area is 152 Å². The molecule has 0 saturated carbocycles. The molecular formula is C20H14FN3O3. The quantitative estimate of drug-likeness (QED) is 0.559. The van der Waals surface area contributed by atoms with Gasteiger partial charge in [-0.25, -0.2) is 4.39 Å². The number of hydrogen-bond acceptors (Lipinski definition) is 5. The molecule has 0 fully saturated rings. The number of para-hydroxylation sites is 1. The van der Waals surface area contributed by atoms with Crippen LogP contribution in [0.1, 0.15) is 0 Å². The van der Waals surface area contributed by atoms with Crippen molar-refractivity contribution in [3.05, 3.63) is 77.4 Å². The lowest BCUT2D eigenvalue weighted by Crippen LogP contribution is -2.22. The number of rotatable bonds is 4. The Bertz CT molecular complexity index is 1230. The molecule has 0 unspecified atom stereocenters. The first-order chi connectivity index (χ1) is 13.1. The molecule has 0 spiro atoms. The molecule has 0 aliphatic rings. The lowest BCUT2D eigenvalue weighted by molar-refractivity contribution is 0.425. The first-order valence-electron chi connectivity index (χ1n) is 8.15. The lowest BCUT2D eigenvalue weighted by atomic mass is 10.1. The molecular weight excluding hydrogens is 349 g/mol. The molecule has 4 aromatic rings. The van der Waals surface area contributed by atoms with Gasteiger partial charge in [-0.2, -0.15) is 4.98 Å². The number of aromatic nitrogens is 3. The Balaban J connectivity index is 1.95. The third-order valence-corrected chi connectivity index (χ3v) is 4.18. The second-order valence-electron chi connectivity index (χ2n) is 5.88. The largest absolute Gasteiger partial charge is 0.506 e. The van der Waals surface area contributed by atoms with Crippen LogP contribution < -0.4 is 5.56 Å². The summed E-state index contributed by atoms with van der Waals surface area (Å²) in [6, 6.07) is 12.6. The van der Waals surface area contributed by atoms with E-state index in [0.717, 1.165) is 0 Å². The highest BCUT2D eigenvalue weighted by atomic mass is 19.1. The molecule has 0 aliphatic carbocycles. The van der Waals surface area contributed by atoms with Gasteiger partial charge >= 0.3 is 0 Å². The normalized spacial score (nSPS) is 11.0. The van der Waals surface area contributed by atoms with Crippen molar-refractivity contribution in [2.24, 2.45) is 0 Å². The van der Waals surface area contributed by atoms with E-state index in [4.69, 9.17) is 4.52 Å². The third kappa shape index (κ3) is 2.79. The van der Waals surface area contributed by atoms with E-state index in [1.807, 2.05) is 0 Å². The van der Waals surface area contributed by atoms with Gasteiger partial charge in [0.25, 0.3) is 11.4 Å². The van der Waals surface area contributed by atoms with Gasteiger partial charge in [0.2, 0.25) is 5.82 Å². The number of fused-ring (bicyclic) bond motifs is 1. The van der Waals surface area contributed by atoms with Gasteiger partial charge in [-0.05, 0) is 24.3 Å². The maximum Gasteiger partial charge on any atom is 0.268 e. The first-order valence-corrected chi connectivity index (χ1v) is 8.15. The van der Waals surface area contributed by atoms with Crippen molar-refractivity contribution in [1.29, 1.82) is 0 Å². The van der Waals surface area contributed by atoms with Gasteiger partial charge in [-0.3, -0.25) is 4.79 Å². The van der Waals surface area contributed by atoms with E-state index >= 15 is 0 Å². The van der Waals surface area contributed by atoms with Crippen LogP contribution in [-0.4, -0.2) is 19.8 Å². The fraction of sp³-hybridized carbons (Fsp3) is 0.0500. The van der Waals surface area contributed by atoms with Gasteiger partial charge in [0.1, 0.15) is 17.1 Å². The smallest absolute Gasteiger partial charge is 0.268 e. The molecule has 0 amide bonds. The number of pyridine rings is 1. The van der Waals surface area contributed by atoms with Gasteiger partial charge < -0.3 is 14.2 Å². The molecule has 0 radical (unpaired) electrons. The third-order valence-electron chi connectivity index (χ3n) is 4.18. The van der Waals surface area contributed by atoms with Crippen molar-refractivity contribution >= 4 is 10.9 Å². The van der Waals surface area contributed by atoms with E-state index in [2.05, 4.69) is 16.7 Å². The molecule has 7 heteroatoms. The SMILES string of the molecule is C=CCn1c(=O)c(-c2nc(-c3cccc(F)c3)no2)c(O)c2ccccc21. The van der Waals surface area contributed by atoms with Crippen LogP contribution in [0.5, 0.6) is 5.75 Å². The maximum absolute atomic E-state index is 13.4. The fourth-order valence-corrected chi connectivity index (χ4v) is 2.96. The summed E-state index contributed by atoms with van der Waals surface area (Å²) in [4.78, 5) is 17.1. The number of allylic oxidation sites excluding steroid dienone is 1. The van der Waals surface area contributed by atoms with Crippen molar-refractivity contribution in [2.75, 3.05) is 0 Å². The van der Waals surface area contributed by atoms with Gasteiger partial charge in [0, 0.05) is 17.5 Å². The summed E-state index contributed by atoms with van der Waals surface area (Å²) in [6.45, 7) is 3.92. The van der Waals surface area contributed by atoms with Crippen LogP contribution in [0.2, 0.25) is 0 Å². The van der Waals surface area contributed by atoms with E-state index in [9.17, 15) is 14.3 Å². The Kier molecular flexibility index (Phi) is 4.04. The second-order valence-corrected chi connectivity index (χ2v) is 5.88. The minimum atomic E-state index is -0.486. The molecule has 1 N–H and O–H groups in total. The summed E-state index contributed by atoms with van der Waals surface area (Å²) in [5.41, 5.74) is 0.372. The van der Waals surface area contributed by atoms with Crippen molar-refractivity contribution in [2.45, 2.75) is 6.54 Å². The number of nitrogens with zero attached hydrogens (tertiary/aromatic N) is 3. The summed E-state index contributed by atoms with van der Waals surface area (Å²) in [6.07, 6.45) is 1.58. The predicted molar refractivity (Wildman–Crippen MR) is 98.8 cm³/mol. The Morgan fingerprint density at radius 3 is 2.81 bits per heavy atom. The second kappa shape index (κ2) is 6.53. The van der Waals surface area contributed by atoms with Gasteiger partial charge in [0.05, 0.1) is 5.52 Å². The molecule has 2 aromatic heterocycles. The first kappa shape index (κ1) is 16.7. The van der Waals surface area contributed by atoms with Gasteiger partial charge in [-0.15, -0.1) is 6.58 Å². The van der Waals surface area contributed by atoms with Crippen LogP contribution >= 0.6 is 0 Å². The summed E-state index contributed by atoms with van der Waals surface area (Å²) >= 11 is 0. The van der Waals surface area contributed by atoms with E-state index in [0.29, 0.717) is 16.5 Å². The van der Waals surface area contributed by atoms with Crippen molar-refractivity contribution in [1.82, 2.24) is 14.7 Å².